The third-order valence-electron chi connectivity index (χ3n) is 4.87. The summed E-state index contributed by atoms with van der Waals surface area (Å²) in [4.78, 5) is 12.6. The molecule has 176 valence electrons. The lowest BCUT2D eigenvalue weighted by atomic mass is 10.1. The van der Waals surface area contributed by atoms with Gasteiger partial charge in [-0.05, 0) is 69.2 Å². The number of ether oxygens (including phenoxy) is 1. The average Bonchev–Trinajstić information content (AvgIpc) is 3.23. The fourth-order valence-corrected chi connectivity index (χ4v) is 5.86. The highest BCUT2D eigenvalue weighted by Crippen LogP contribution is 2.31. The van der Waals surface area contributed by atoms with Crippen LogP contribution in [-0.4, -0.2) is 64.3 Å². The summed E-state index contributed by atoms with van der Waals surface area (Å²) in [6.45, 7) is 9.03. The molecule has 3 rings (SSSR count). The summed E-state index contributed by atoms with van der Waals surface area (Å²) in [5, 5.41) is 14.9. The molecule has 0 radical (unpaired) electrons. The quantitative estimate of drug-likeness (QED) is 0.571. The monoisotopic (exact) mass is 482 g/mol. The number of tetrazole rings is 1. The Labute approximate surface area is 193 Å². The third kappa shape index (κ3) is 5.78. The van der Waals surface area contributed by atoms with Crippen LogP contribution in [0.5, 0.6) is 5.75 Å². The van der Waals surface area contributed by atoms with E-state index in [0.29, 0.717) is 30.5 Å². The fraction of sp³-hybridized carbons (Fsp3) is 0.600. The molecular weight excluding hydrogens is 452 g/mol. The van der Waals surface area contributed by atoms with E-state index in [9.17, 15) is 13.2 Å². The van der Waals surface area contributed by atoms with Crippen LogP contribution < -0.4 is 10.1 Å². The molecule has 10 nitrogen and oxygen atoms in total. The van der Waals surface area contributed by atoms with Crippen molar-refractivity contribution in [2.75, 3.05) is 30.8 Å². The molecule has 1 aliphatic rings. The van der Waals surface area contributed by atoms with Crippen molar-refractivity contribution in [1.29, 1.82) is 0 Å². The molecule has 12 heteroatoms. The molecule has 0 saturated carbocycles. The zero-order valence-electron chi connectivity index (χ0n) is 18.9. The molecule has 2 aromatic rings. The van der Waals surface area contributed by atoms with E-state index < -0.39 is 10.0 Å². The number of nitrogens with zero attached hydrogens (tertiary/aromatic N) is 5. The molecule has 1 fully saturated rings. The van der Waals surface area contributed by atoms with Gasteiger partial charge in [-0.25, -0.2) is 13.1 Å². The van der Waals surface area contributed by atoms with Crippen molar-refractivity contribution in [1.82, 2.24) is 24.5 Å². The summed E-state index contributed by atoms with van der Waals surface area (Å²) in [6, 6.07) is 4.70. The number of carbonyl (C=O) groups is 1. The predicted molar refractivity (Wildman–Crippen MR) is 122 cm³/mol. The number of anilines is 1. The number of benzene rings is 1. The largest absolute Gasteiger partial charge is 0.492 e. The van der Waals surface area contributed by atoms with Crippen LogP contribution in [0.15, 0.2) is 28.3 Å². The molecule has 0 spiro atoms. The van der Waals surface area contributed by atoms with Crippen LogP contribution >= 0.6 is 11.8 Å². The minimum Gasteiger partial charge on any atom is -0.492 e. The second-order valence-electron chi connectivity index (χ2n) is 8.44. The highest BCUT2D eigenvalue weighted by Gasteiger charge is 2.29. The number of carbonyl (C=O) groups excluding carboxylic acids is 1. The summed E-state index contributed by atoms with van der Waals surface area (Å²) in [7, 11) is -3.72. The SMILES string of the molecule is CCOc1ccc(NC(=O)CSc2nnnn2C(C)(C)C)cc1S(=O)(=O)N1CCCCC1. The Kier molecular flexibility index (Phi) is 7.78. The summed E-state index contributed by atoms with van der Waals surface area (Å²) in [5.74, 6) is 0.0801. The average molecular weight is 483 g/mol. The van der Waals surface area contributed by atoms with Gasteiger partial charge in [0, 0.05) is 18.8 Å². The number of hydrogen-bond acceptors (Lipinski definition) is 8. The van der Waals surface area contributed by atoms with E-state index in [1.807, 2.05) is 20.8 Å². The van der Waals surface area contributed by atoms with Gasteiger partial charge in [-0.15, -0.1) is 5.10 Å². The summed E-state index contributed by atoms with van der Waals surface area (Å²) in [5.41, 5.74) is 0.0832. The molecule has 2 heterocycles. The molecule has 0 atom stereocenters. The first-order chi connectivity index (χ1) is 15.1. The standard InChI is InChI=1S/C20H30N6O4S2/c1-5-30-16-10-9-15(13-17(16)32(28,29)25-11-7-6-8-12-25)21-18(27)14-31-19-22-23-24-26(19)20(2,3)4/h9-10,13H,5-8,11-12,14H2,1-4H3,(H,21,27). The topological polar surface area (TPSA) is 119 Å². The van der Waals surface area contributed by atoms with Crippen molar-refractivity contribution in [2.24, 2.45) is 0 Å². The molecule has 0 aliphatic carbocycles. The Balaban J connectivity index is 1.75. The number of hydrogen-bond donors (Lipinski definition) is 1. The smallest absolute Gasteiger partial charge is 0.246 e. The maximum absolute atomic E-state index is 13.2. The van der Waals surface area contributed by atoms with Gasteiger partial charge in [0.05, 0.1) is 17.9 Å². The molecule has 1 aromatic heterocycles. The van der Waals surface area contributed by atoms with Crippen molar-refractivity contribution in [3.05, 3.63) is 18.2 Å². The van der Waals surface area contributed by atoms with Crippen LogP contribution in [0.1, 0.15) is 47.0 Å². The molecule has 32 heavy (non-hydrogen) atoms. The van der Waals surface area contributed by atoms with E-state index in [4.69, 9.17) is 4.74 Å². The number of nitrogens with one attached hydrogen (secondary N) is 1. The van der Waals surface area contributed by atoms with Crippen molar-refractivity contribution < 1.29 is 17.9 Å². The zero-order chi connectivity index (χ0) is 23.4. The van der Waals surface area contributed by atoms with Gasteiger partial charge >= 0.3 is 0 Å². The van der Waals surface area contributed by atoms with Crippen molar-refractivity contribution in [3.8, 4) is 5.75 Å². The molecule has 1 amide bonds. The molecule has 1 N–H and O–H groups in total. The van der Waals surface area contributed by atoms with Gasteiger partial charge in [0.1, 0.15) is 10.6 Å². The molecule has 1 aromatic carbocycles. The molecular formula is C20H30N6O4S2. The number of thioether (sulfide) groups is 1. The van der Waals surface area contributed by atoms with Crippen LogP contribution in [-0.2, 0) is 20.4 Å². The maximum Gasteiger partial charge on any atom is 0.246 e. The first kappa shape index (κ1) is 24.5. The van der Waals surface area contributed by atoms with Gasteiger partial charge < -0.3 is 10.1 Å². The van der Waals surface area contributed by atoms with Gasteiger partial charge in [0.15, 0.2) is 0 Å². The first-order valence-corrected chi connectivity index (χ1v) is 13.0. The second-order valence-corrected chi connectivity index (χ2v) is 11.3. The third-order valence-corrected chi connectivity index (χ3v) is 7.71. The lowest BCUT2D eigenvalue weighted by Crippen LogP contribution is -2.35. The zero-order valence-corrected chi connectivity index (χ0v) is 20.5. The minimum absolute atomic E-state index is 0.0726. The minimum atomic E-state index is -3.72. The van der Waals surface area contributed by atoms with E-state index >= 15 is 0 Å². The maximum atomic E-state index is 13.2. The van der Waals surface area contributed by atoms with Crippen LogP contribution in [0.25, 0.3) is 0 Å². The Hall–Kier alpha value is -2.18. The number of piperidine rings is 1. The Bertz CT molecular complexity index is 1040. The Morgan fingerprint density at radius 3 is 2.59 bits per heavy atom. The van der Waals surface area contributed by atoms with Gasteiger partial charge in [-0.3, -0.25) is 4.79 Å². The van der Waals surface area contributed by atoms with E-state index in [1.165, 1.54) is 22.1 Å². The van der Waals surface area contributed by atoms with E-state index in [0.717, 1.165) is 19.3 Å². The Morgan fingerprint density at radius 1 is 1.22 bits per heavy atom. The number of rotatable bonds is 8. The van der Waals surface area contributed by atoms with Crippen LogP contribution in [0.3, 0.4) is 0 Å². The molecule has 0 unspecified atom stereocenters. The van der Waals surface area contributed by atoms with E-state index in [1.54, 1.807) is 23.7 Å². The lowest BCUT2D eigenvalue weighted by Gasteiger charge is -2.27. The predicted octanol–water partition coefficient (Wildman–Crippen LogP) is 2.73. The van der Waals surface area contributed by atoms with Crippen molar-refractivity contribution >= 4 is 33.4 Å². The number of sulfonamides is 1. The lowest BCUT2D eigenvalue weighted by molar-refractivity contribution is -0.113. The number of aromatic nitrogens is 4. The van der Waals surface area contributed by atoms with Gasteiger partial charge in [0.25, 0.3) is 0 Å². The summed E-state index contributed by atoms with van der Waals surface area (Å²) >= 11 is 1.22. The van der Waals surface area contributed by atoms with Crippen LogP contribution in [0, 0.1) is 0 Å². The highest BCUT2D eigenvalue weighted by atomic mass is 32.2. The normalized spacial score (nSPS) is 15.5. The van der Waals surface area contributed by atoms with E-state index in [-0.39, 0.29) is 27.8 Å². The van der Waals surface area contributed by atoms with E-state index in [2.05, 4.69) is 20.8 Å². The van der Waals surface area contributed by atoms with Gasteiger partial charge in [0.2, 0.25) is 21.1 Å². The summed E-state index contributed by atoms with van der Waals surface area (Å²) in [6.07, 6.45) is 2.70. The second kappa shape index (κ2) is 10.2. The van der Waals surface area contributed by atoms with Crippen LogP contribution in [0.2, 0.25) is 0 Å². The first-order valence-electron chi connectivity index (χ1n) is 10.6. The Morgan fingerprint density at radius 2 is 1.94 bits per heavy atom. The fourth-order valence-electron chi connectivity index (χ4n) is 3.32. The van der Waals surface area contributed by atoms with Crippen molar-refractivity contribution in [3.63, 3.8) is 0 Å². The van der Waals surface area contributed by atoms with Gasteiger partial charge in [-0.1, -0.05) is 18.2 Å². The number of amides is 1. The van der Waals surface area contributed by atoms with Crippen molar-refractivity contribution in [2.45, 2.75) is 62.5 Å². The molecule has 1 aliphatic heterocycles. The molecule has 1 saturated heterocycles. The molecule has 0 bridgehead atoms. The highest BCUT2D eigenvalue weighted by molar-refractivity contribution is 7.99. The van der Waals surface area contributed by atoms with Crippen LogP contribution in [0.4, 0.5) is 5.69 Å². The summed E-state index contributed by atoms with van der Waals surface area (Å²) < 4.78 is 35.2. The van der Waals surface area contributed by atoms with Gasteiger partial charge in [-0.2, -0.15) is 4.31 Å².